The van der Waals surface area contributed by atoms with Crippen LogP contribution in [0.2, 0.25) is 0 Å². The molecule has 0 radical (unpaired) electrons. The van der Waals surface area contributed by atoms with E-state index in [2.05, 4.69) is 33.9 Å². The Kier molecular flexibility index (Phi) is 5.51. The largest absolute Gasteiger partial charge is 0.478 e. The maximum Gasteiger partial charge on any atom is 0.218 e. The Bertz CT molecular complexity index is 574. The van der Waals surface area contributed by atoms with E-state index in [9.17, 15) is 0 Å². The Morgan fingerprint density at radius 2 is 2.05 bits per heavy atom. The fourth-order valence-corrected chi connectivity index (χ4v) is 2.18. The van der Waals surface area contributed by atoms with Gasteiger partial charge in [-0.2, -0.15) is 0 Å². The Balaban J connectivity index is 2.36. The van der Waals surface area contributed by atoms with E-state index < -0.39 is 0 Å². The minimum absolute atomic E-state index is 0.587. The molecule has 2 aromatic rings. The van der Waals surface area contributed by atoms with E-state index in [4.69, 9.17) is 10.5 Å². The molecule has 1 aromatic heterocycles. The smallest absolute Gasteiger partial charge is 0.218 e. The standard InChI is InChI=1S/C16H22N4O/c1-3-21-16-11-15(18-12-19-16)20(10-6-9-17)14-8-5-4-7-13(14)2/h4-5,7-8,11-12H,3,6,9-10,17H2,1-2H3. The summed E-state index contributed by atoms with van der Waals surface area (Å²) in [6.07, 6.45) is 2.43. The van der Waals surface area contributed by atoms with Crippen LogP contribution in [-0.2, 0) is 0 Å². The first-order valence-electron chi connectivity index (χ1n) is 7.24. The number of benzene rings is 1. The van der Waals surface area contributed by atoms with Gasteiger partial charge in [-0.1, -0.05) is 18.2 Å². The number of nitrogens with two attached hydrogens (primary N) is 1. The molecule has 1 heterocycles. The molecular weight excluding hydrogens is 264 g/mol. The van der Waals surface area contributed by atoms with Crippen molar-refractivity contribution in [1.29, 1.82) is 0 Å². The molecule has 0 saturated carbocycles. The van der Waals surface area contributed by atoms with E-state index in [0.717, 1.165) is 24.5 Å². The molecule has 1 aromatic carbocycles. The lowest BCUT2D eigenvalue weighted by Crippen LogP contribution is -2.22. The van der Waals surface area contributed by atoms with Crippen molar-refractivity contribution in [3.05, 3.63) is 42.2 Å². The van der Waals surface area contributed by atoms with Gasteiger partial charge in [-0.05, 0) is 38.4 Å². The first kappa shape index (κ1) is 15.3. The Hall–Kier alpha value is -2.14. The summed E-state index contributed by atoms with van der Waals surface area (Å²) in [5.41, 5.74) is 8.00. The van der Waals surface area contributed by atoms with Crippen LogP contribution < -0.4 is 15.4 Å². The average Bonchev–Trinajstić information content (AvgIpc) is 2.50. The molecule has 0 fully saturated rings. The summed E-state index contributed by atoms with van der Waals surface area (Å²) in [7, 11) is 0. The van der Waals surface area contributed by atoms with E-state index in [-0.39, 0.29) is 0 Å². The molecule has 21 heavy (non-hydrogen) atoms. The summed E-state index contributed by atoms with van der Waals surface area (Å²) in [5, 5.41) is 0. The minimum atomic E-state index is 0.587. The number of para-hydroxylation sites is 1. The van der Waals surface area contributed by atoms with Crippen LogP contribution in [0.25, 0.3) is 0 Å². The van der Waals surface area contributed by atoms with Crippen molar-refractivity contribution in [3.63, 3.8) is 0 Å². The van der Waals surface area contributed by atoms with Crippen molar-refractivity contribution in [1.82, 2.24) is 9.97 Å². The molecule has 0 aliphatic rings. The molecule has 0 aliphatic carbocycles. The summed E-state index contributed by atoms with van der Waals surface area (Å²) in [4.78, 5) is 10.7. The third-order valence-corrected chi connectivity index (χ3v) is 3.19. The number of aryl methyl sites for hydroxylation is 1. The SMILES string of the molecule is CCOc1cc(N(CCCN)c2ccccc2C)ncn1. The van der Waals surface area contributed by atoms with Gasteiger partial charge in [0.25, 0.3) is 0 Å². The molecule has 5 heteroatoms. The molecule has 0 atom stereocenters. The third-order valence-electron chi connectivity index (χ3n) is 3.19. The number of ether oxygens (including phenoxy) is 1. The van der Waals surface area contributed by atoms with Crippen LogP contribution in [0.3, 0.4) is 0 Å². The van der Waals surface area contributed by atoms with Crippen LogP contribution >= 0.6 is 0 Å². The minimum Gasteiger partial charge on any atom is -0.478 e. The lowest BCUT2D eigenvalue weighted by atomic mass is 10.1. The van der Waals surface area contributed by atoms with Crippen LogP contribution in [0.1, 0.15) is 18.9 Å². The van der Waals surface area contributed by atoms with Crippen LogP contribution in [0.15, 0.2) is 36.7 Å². The fraction of sp³-hybridized carbons (Fsp3) is 0.375. The molecule has 0 unspecified atom stereocenters. The lowest BCUT2D eigenvalue weighted by molar-refractivity contribution is 0.326. The van der Waals surface area contributed by atoms with Gasteiger partial charge in [0.15, 0.2) is 0 Å². The van der Waals surface area contributed by atoms with Gasteiger partial charge in [0, 0.05) is 18.3 Å². The van der Waals surface area contributed by atoms with Crippen molar-refractivity contribution in [3.8, 4) is 5.88 Å². The zero-order chi connectivity index (χ0) is 15.1. The van der Waals surface area contributed by atoms with Crippen LogP contribution in [0.4, 0.5) is 11.5 Å². The highest BCUT2D eigenvalue weighted by Gasteiger charge is 2.13. The zero-order valence-corrected chi connectivity index (χ0v) is 12.6. The third kappa shape index (κ3) is 3.92. The van der Waals surface area contributed by atoms with Crippen LogP contribution in [0, 0.1) is 6.92 Å². The second-order valence-electron chi connectivity index (χ2n) is 4.73. The molecule has 0 bridgehead atoms. The fourth-order valence-electron chi connectivity index (χ4n) is 2.18. The van der Waals surface area contributed by atoms with Crippen LogP contribution in [-0.4, -0.2) is 29.7 Å². The second kappa shape index (κ2) is 7.59. The van der Waals surface area contributed by atoms with Crippen molar-refractivity contribution < 1.29 is 4.74 Å². The normalized spacial score (nSPS) is 10.4. The van der Waals surface area contributed by atoms with Crippen molar-refractivity contribution in [2.75, 3.05) is 24.6 Å². The summed E-state index contributed by atoms with van der Waals surface area (Å²) in [5.74, 6) is 1.42. The van der Waals surface area contributed by atoms with Gasteiger partial charge in [-0.25, -0.2) is 9.97 Å². The molecule has 5 nitrogen and oxygen atoms in total. The number of hydrogen-bond donors (Lipinski definition) is 1. The van der Waals surface area contributed by atoms with E-state index in [1.165, 1.54) is 11.9 Å². The number of anilines is 2. The number of aromatic nitrogens is 2. The average molecular weight is 286 g/mol. The molecule has 0 amide bonds. The highest BCUT2D eigenvalue weighted by atomic mass is 16.5. The topological polar surface area (TPSA) is 64.3 Å². The summed E-state index contributed by atoms with van der Waals surface area (Å²) in [6, 6.07) is 10.1. The van der Waals surface area contributed by atoms with Crippen molar-refractivity contribution in [2.45, 2.75) is 20.3 Å². The molecule has 2 rings (SSSR count). The first-order valence-corrected chi connectivity index (χ1v) is 7.24. The second-order valence-corrected chi connectivity index (χ2v) is 4.73. The molecule has 0 spiro atoms. The van der Waals surface area contributed by atoms with Gasteiger partial charge >= 0.3 is 0 Å². The van der Waals surface area contributed by atoms with E-state index in [0.29, 0.717) is 19.0 Å². The van der Waals surface area contributed by atoms with Gasteiger partial charge in [0.05, 0.1) is 6.61 Å². The maximum absolute atomic E-state index is 5.66. The molecular formula is C16H22N4O. The van der Waals surface area contributed by atoms with Crippen LogP contribution in [0.5, 0.6) is 5.88 Å². The van der Waals surface area contributed by atoms with E-state index in [1.54, 1.807) is 0 Å². The quantitative estimate of drug-likeness (QED) is 0.847. The van der Waals surface area contributed by atoms with Gasteiger partial charge in [0.1, 0.15) is 12.1 Å². The zero-order valence-electron chi connectivity index (χ0n) is 12.6. The Labute approximate surface area is 125 Å². The lowest BCUT2D eigenvalue weighted by Gasteiger charge is -2.25. The van der Waals surface area contributed by atoms with Gasteiger partial charge in [-0.15, -0.1) is 0 Å². The molecule has 112 valence electrons. The number of rotatable bonds is 7. The summed E-state index contributed by atoms with van der Waals surface area (Å²) >= 11 is 0. The van der Waals surface area contributed by atoms with Gasteiger partial charge < -0.3 is 15.4 Å². The van der Waals surface area contributed by atoms with Gasteiger partial charge in [0.2, 0.25) is 5.88 Å². The maximum atomic E-state index is 5.66. The molecule has 2 N–H and O–H groups in total. The van der Waals surface area contributed by atoms with Gasteiger partial charge in [-0.3, -0.25) is 0 Å². The number of nitrogens with zero attached hydrogens (tertiary/aromatic N) is 3. The summed E-state index contributed by atoms with van der Waals surface area (Å²) in [6.45, 7) is 6.07. The first-order chi connectivity index (χ1) is 10.3. The van der Waals surface area contributed by atoms with E-state index in [1.807, 2.05) is 25.1 Å². The molecule has 0 saturated heterocycles. The monoisotopic (exact) mass is 286 g/mol. The highest BCUT2D eigenvalue weighted by molar-refractivity contribution is 5.63. The number of hydrogen-bond acceptors (Lipinski definition) is 5. The molecule has 0 aliphatic heterocycles. The predicted octanol–water partition coefficient (Wildman–Crippen LogP) is 2.67. The van der Waals surface area contributed by atoms with Crippen molar-refractivity contribution >= 4 is 11.5 Å². The highest BCUT2D eigenvalue weighted by Crippen LogP contribution is 2.28. The Morgan fingerprint density at radius 3 is 2.76 bits per heavy atom. The van der Waals surface area contributed by atoms with E-state index >= 15 is 0 Å². The summed E-state index contributed by atoms with van der Waals surface area (Å²) < 4.78 is 5.46. The van der Waals surface area contributed by atoms with Crippen molar-refractivity contribution in [2.24, 2.45) is 5.73 Å². The Morgan fingerprint density at radius 1 is 1.24 bits per heavy atom. The predicted molar refractivity (Wildman–Crippen MR) is 85.1 cm³/mol.